The summed E-state index contributed by atoms with van der Waals surface area (Å²) in [5.74, 6) is -2.98. The van der Waals surface area contributed by atoms with E-state index in [1.165, 1.54) is 36.4 Å². The summed E-state index contributed by atoms with van der Waals surface area (Å²) in [4.78, 5) is 59.1. The van der Waals surface area contributed by atoms with Crippen molar-refractivity contribution >= 4 is 46.9 Å². The zero-order chi connectivity index (χ0) is 24.9. The second-order valence-electron chi connectivity index (χ2n) is 6.93. The molecule has 0 unspecified atom stereocenters. The SMILES string of the molecule is CCCOC(=O)c1ccc(NC(=O)CCC(=O)OCC(=O)NNC(=O)c2ccc(Cl)cc2)cc1. The average Bonchev–Trinajstić information content (AvgIpc) is 2.84. The number of benzene rings is 2. The fraction of sp³-hybridized carbons (Fsp3) is 0.261. The lowest BCUT2D eigenvalue weighted by Crippen LogP contribution is -2.43. The number of esters is 2. The van der Waals surface area contributed by atoms with E-state index in [0.717, 1.165) is 0 Å². The van der Waals surface area contributed by atoms with E-state index in [4.69, 9.17) is 21.1 Å². The van der Waals surface area contributed by atoms with Crippen LogP contribution in [0.3, 0.4) is 0 Å². The molecule has 0 aliphatic rings. The number of carbonyl (C=O) groups excluding carboxylic acids is 5. The maximum atomic E-state index is 12.0. The van der Waals surface area contributed by atoms with Gasteiger partial charge < -0.3 is 14.8 Å². The minimum atomic E-state index is -0.761. The van der Waals surface area contributed by atoms with Crippen molar-refractivity contribution in [3.05, 3.63) is 64.7 Å². The van der Waals surface area contributed by atoms with E-state index in [9.17, 15) is 24.0 Å². The summed E-state index contributed by atoms with van der Waals surface area (Å²) < 4.78 is 9.80. The Kier molecular flexibility index (Phi) is 10.5. The number of halogens is 1. The summed E-state index contributed by atoms with van der Waals surface area (Å²) in [6.07, 6.45) is 0.291. The van der Waals surface area contributed by atoms with Crippen LogP contribution in [0, 0.1) is 0 Å². The summed E-state index contributed by atoms with van der Waals surface area (Å²) >= 11 is 5.74. The third-order valence-electron chi connectivity index (χ3n) is 4.18. The maximum Gasteiger partial charge on any atom is 0.338 e. The summed E-state index contributed by atoms with van der Waals surface area (Å²) in [7, 11) is 0. The van der Waals surface area contributed by atoms with Crippen LogP contribution in [0.5, 0.6) is 0 Å². The molecule has 0 saturated heterocycles. The van der Waals surface area contributed by atoms with E-state index in [1.807, 2.05) is 6.92 Å². The zero-order valence-corrected chi connectivity index (χ0v) is 19.1. The van der Waals surface area contributed by atoms with Gasteiger partial charge in [-0.3, -0.25) is 30.0 Å². The fourth-order valence-electron chi connectivity index (χ4n) is 2.46. The lowest BCUT2D eigenvalue weighted by atomic mass is 10.2. The molecule has 2 rings (SSSR count). The van der Waals surface area contributed by atoms with Crippen molar-refractivity contribution in [2.75, 3.05) is 18.5 Å². The molecule has 3 amide bonds. The largest absolute Gasteiger partial charge is 0.462 e. The Balaban J connectivity index is 1.65. The minimum absolute atomic E-state index is 0.173. The summed E-state index contributed by atoms with van der Waals surface area (Å²) in [6.45, 7) is 1.59. The van der Waals surface area contributed by atoms with Gasteiger partial charge in [-0.15, -0.1) is 0 Å². The number of ether oxygens (including phenoxy) is 2. The first-order valence-corrected chi connectivity index (χ1v) is 10.7. The predicted molar refractivity (Wildman–Crippen MR) is 123 cm³/mol. The highest BCUT2D eigenvalue weighted by molar-refractivity contribution is 6.30. The van der Waals surface area contributed by atoms with Crippen LogP contribution < -0.4 is 16.2 Å². The van der Waals surface area contributed by atoms with Crippen molar-refractivity contribution in [1.29, 1.82) is 0 Å². The van der Waals surface area contributed by atoms with Crippen LogP contribution in [0.1, 0.15) is 46.9 Å². The predicted octanol–water partition coefficient (Wildman–Crippen LogP) is 2.63. The first kappa shape index (κ1) is 26.3. The Bertz CT molecular complexity index is 1020. The summed E-state index contributed by atoms with van der Waals surface area (Å²) in [6, 6.07) is 12.1. The van der Waals surface area contributed by atoms with Crippen LogP contribution in [0.15, 0.2) is 48.5 Å². The van der Waals surface area contributed by atoms with E-state index in [2.05, 4.69) is 16.2 Å². The number of rotatable bonds is 10. The minimum Gasteiger partial charge on any atom is -0.462 e. The topological polar surface area (TPSA) is 140 Å². The molecular weight excluding hydrogens is 466 g/mol. The van der Waals surface area contributed by atoms with Crippen LogP contribution in [-0.2, 0) is 23.9 Å². The lowest BCUT2D eigenvalue weighted by Gasteiger charge is -2.09. The highest BCUT2D eigenvalue weighted by Gasteiger charge is 2.13. The quantitative estimate of drug-likeness (QED) is 0.344. The molecule has 0 bridgehead atoms. The van der Waals surface area contributed by atoms with Crippen LogP contribution in [-0.4, -0.2) is 42.9 Å². The third-order valence-corrected chi connectivity index (χ3v) is 4.44. The fourth-order valence-corrected chi connectivity index (χ4v) is 2.59. The van der Waals surface area contributed by atoms with Gasteiger partial charge in [0.25, 0.3) is 11.8 Å². The smallest absolute Gasteiger partial charge is 0.338 e. The van der Waals surface area contributed by atoms with Gasteiger partial charge in [-0.2, -0.15) is 0 Å². The third kappa shape index (κ3) is 9.29. The molecule has 0 radical (unpaired) electrons. The molecular formula is C23H24ClN3O7. The molecule has 0 saturated carbocycles. The number of hydrogen-bond acceptors (Lipinski definition) is 7. The Morgan fingerprint density at radius 1 is 0.794 bits per heavy atom. The molecule has 0 aliphatic carbocycles. The molecule has 2 aromatic rings. The van der Waals surface area contributed by atoms with Gasteiger partial charge in [0.1, 0.15) is 0 Å². The summed E-state index contributed by atoms with van der Waals surface area (Å²) in [5.41, 5.74) is 5.37. The van der Waals surface area contributed by atoms with Crippen molar-refractivity contribution in [2.24, 2.45) is 0 Å². The molecule has 0 aromatic heterocycles. The number of nitrogens with one attached hydrogen (secondary N) is 3. The van der Waals surface area contributed by atoms with Crippen LogP contribution in [0.4, 0.5) is 5.69 Å². The Morgan fingerprint density at radius 3 is 2.09 bits per heavy atom. The number of anilines is 1. The lowest BCUT2D eigenvalue weighted by molar-refractivity contribution is -0.149. The Morgan fingerprint density at radius 2 is 1.44 bits per heavy atom. The van der Waals surface area contributed by atoms with Crippen molar-refractivity contribution < 1.29 is 33.4 Å². The van der Waals surface area contributed by atoms with E-state index in [1.54, 1.807) is 12.1 Å². The van der Waals surface area contributed by atoms with Crippen molar-refractivity contribution in [2.45, 2.75) is 26.2 Å². The molecule has 11 heteroatoms. The number of hydrazine groups is 1. The molecule has 0 aliphatic heterocycles. The number of amides is 3. The van der Waals surface area contributed by atoms with Crippen LogP contribution in [0.2, 0.25) is 5.02 Å². The normalized spacial score (nSPS) is 10.1. The zero-order valence-electron chi connectivity index (χ0n) is 18.4. The average molecular weight is 490 g/mol. The van der Waals surface area contributed by atoms with Crippen LogP contribution >= 0.6 is 11.6 Å². The van der Waals surface area contributed by atoms with E-state index >= 15 is 0 Å². The van der Waals surface area contributed by atoms with E-state index in [-0.39, 0.29) is 18.4 Å². The molecule has 2 aromatic carbocycles. The van der Waals surface area contributed by atoms with Crippen molar-refractivity contribution in [3.63, 3.8) is 0 Å². The molecule has 180 valence electrons. The molecule has 0 spiro atoms. The molecule has 0 heterocycles. The Hall–Kier alpha value is -3.92. The molecule has 0 fully saturated rings. The first-order valence-electron chi connectivity index (χ1n) is 10.4. The molecule has 3 N–H and O–H groups in total. The monoisotopic (exact) mass is 489 g/mol. The second kappa shape index (κ2) is 13.6. The number of hydrogen-bond donors (Lipinski definition) is 3. The highest BCUT2D eigenvalue weighted by atomic mass is 35.5. The van der Waals surface area contributed by atoms with Crippen LogP contribution in [0.25, 0.3) is 0 Å². The van der Waals surface area contributed by atoms with Gasteiger partial charge in [0.2, 0.25) is 5.91 Å². The van der Waals surface area contributed by atoms with E-state index in [0.29, 0.717) is 29.3 Å². The Labute approximate surface area is 200 Å². The standard InChI is InChI=1S/C23H24ClN3O7/c1-2-13-33-23(32)16-5-9-18(10-6-16)25-19(28)11-12-21(30)34-14-20(29)26-27-22(31)15-3-7-17(24)8-4-15/h3-10H,2,11-14H2,1H3,(H,25,28)(H,26,29)(H,27,31). The second-order valence-corrected chi connectivity index (χ2v) is 7.37. The van der Waals surface area contributed by atoms with Gasteiger partial charge in [-0.25, -0.2) is 4.79 Å². The van der Waals surface area contributed by atoms with Crippen molar-refractivity contribution in [1.82, 2.24) is 10.9 Å². The molecule has 0 atom stereocenters. The van der Waals surface area contributed by atoms with Gasteiger partial charge in [0.15, 0.2) is 6.61 Å². The highest BCUT2D eigenvalue weighted by Crippen LogP contribution is 2.12. The summed E-state index contributed by atoms with van der Waals surface area (Å²) in [5, 5.41) is 3.05. The van der Waals surface area contributed by atoms with Gasteiger partial charge >= 0.3 is 11.9 Å². The number of carbonyl (C=O) groups is 5. The van der Waals surface area contributed by atoms with Gasteiger partial charge in [0, 0.05) is 22.7 Å². The van der Waals surface area contributed by atoms with Crippen molar-refractivity contribution in [3.8, 4) is 0 Å². The van der Waals surface area contributed by atoms with Gasteiger partial charge in [-0.1, -0.05) is 18.5 Å². The van der Waals surface area contributed by atoms with Gasteiger partial charge in [0.05, 0.1) is 18.6 Å². The molecule has 34 heavy (non-hydrogen) atoms. The van der Waals surface area contributed by atoms with E-state index < -0.39 is 36.3 Å². The van der Waals surface area contributed by atoms with Gasteiger partial charge in [-0.05, 0) is 55.0 Å². The molecule has 10 nitrogen and oxygen atoms in total. The first-order chi connectivity index (χ1) is 16.3. The maximum absolute atomic E-state index is 12.0.